The van der Waals surface area contributed by atoms with E-state index in [1.54, 1.807) is 6.92 Å². The average Bonchev–Trinajstić information content (AvgIpc) is 2.32. The van der Waals surface area contributed by atoms with Crippen molar-refractivity contribution in [2.24, 2.45) is 0 Å². The van der Waals surface area contributed by atoms with Gasteiger partial charge < -0.3 is 10.1 Å². The Morgan fingerprint density at radius 1 is 1.22 bits per heavy atom. The van der Waals surface area contributed by atoms with Gasteiger partial charge in [0.05, 0.1) is 5.56 Å². The van der Waals surface area contributed by atoms with Gasteiger partial charge >= 0.3 is 6.18 Å². The molecule has 0 atom stereocenters. The van der Waals surface area contributed by atoms with Crippen molar-refractivity contribution in [1.82, 2.24) is 5.32 Å². The van der Waals surface area contributed by atoms with Gasteiger partial charge in [0.25, 0.3) is 0 Å². The SMILES string of the molecule is Cc1cc(C(F)(F)F)ccc1OC1CCNCC1. The minimum Gasteiger partial charge on any atom is -0.490 e. The van der Waals surface area contributed by atoms with Gasteiger partial charge in [-0.05, 0) is 56.6 Å². The van der Waals surface area contributed by atoms with Crippen LogP contribution in [0.4, 0.5) is 13.2 Å². The molecule has 0 amide bonds. The number of nitrogens with one attached hydrogen (secondary N) is 1. The molecule has 1 aromatic carbocycles. The number of alkyl halides is 3. The lowest BCUT2D eigenvalue weighted by atomic mass is 10.1. The lowest BCUT2D eigenvalue weighted by molar-refractivity contribution is -0.137. The zero-order chi connectivity index (χ0) is 13.2. The summed E-state index contributed by atoms with van der Waals surface area (Å²) in [7, 11) is 0. The Bertz CT molecular complexity index is 411. The Kier molecular flexibility index (Phi) is 3.80. The number of ether oxygens (including phenoxy) is 1. The lowest BCUT2D eigenvalue weighted by Gasteiger charge is -2.24. The summed E-state index contributed by atoms with van der Waals surface area (Å²) in [5, 5.41) is 3.22. The molecule has 2 nitrogen and oxygen atoms in total. The maximum absolute atomic E-state index is 12.5. The Balaban J connectivity index is 2.09. The van der Waals surface area contributed by atoms with Crippen LogP contribution in [-0.4, -0.2) is 19.2 Å². The van der Waals surface area contributed by atoms with Gasteiger partial charge in [-0.2, -0.15) is 13.2 Å². The molecule has 0 radical (unpaired) electrons. The Morgan fingerprint density at radius 2 is 1.89 bits per heavy atom. The van der Waals surface area contributed by atoms with Gasteiger partial charge in [0.15, 0.2) is 0 Å². The third-order valence-corrected chi connectivity index (χ3v) is 3.08. The van der Waals surface area contributed by atoms with Gasteiger partial charge in [-0.25, -0.2) is 0 Å². The van der Waals surface area contributed by atoms with E-state index >= 15 is 0 Å². The summed E-state index contributed by atoms with van der Waals surface area (Å²) in [6.45, 7) is 3.43. The molecule has 1 aliphatic heterocycles. The van der Waals surface area contributed by atoms with Crippen molar-refractivity contribution in [3.05, 3.63) is 29.3 Å². The molecule has 5 heteroatoms. The average molecular weight is 259 g/mol. The first-order chi connectivity index (χ1) is 8.47. The van der Waals surface area contributed by atoms with E-state index in [0.717, 1.165) is 38.1 Å². The molecule has 1 saturated heterocycles. The van der Waals surface area contributed by atoms with Crippen LogP contribution in [-0.2, 0) is 6.18 Å². The smallest absolute Gasteiger partial charge is 0.416 e. The van der Waals surface area contributed by atoms with Crippen molar-refractivity contribution < 1.29 is 17.9 Å². The van der Waals surface area contributed by atoms with Gasteiger partial charge in [0.2, 0.25) is 0 Å². The second kappa shape index (κ2) is 5.18. The van der Waals surface area contributed by atoms with Crippen molar-refractivity contribution in [3.8, 4) is 5.75 Å². The van der Waals surface area contributed by atoms with E-state index in [0.29, 0.717) is 11.3 Å². The predicted molar refractivity (Wildman–Crippen MR) is 62.7 cm³/mol. The van der Waals surface area contributed by atoms with Crippen molar-refractivity contribution >= 4 is 0 Å². The highest BCUT2D eigenvalue weighted by atomic mass is 19.4. The summed E-state index contributed by atoms with van der Waals surface area (Å²) < 4.78 is 43.3. The standard InChI is InChI=1S/C13H16F3NO/c1-9-8-10(13(14,15)16)2-3-12(9)18-11-4-6-17-7-5-11/h2-3,8,11,17H,4-7H2,1H3. The van der Waals surface area contributed by atoms with E-state index in [4.69, 9.17) is 4.74 Å². The molecule has 0 spiro atoms. The third-order valence-electron chi connectivity index (χ3n) is 3.08. The first-order valence-corrected chi connectivity index (χ1v) is 6.02. The van der Waals surface area contributed by atoms with Crippen LogP contribution in [0.3, 0.4) is 0 Å². The van der Waals surface area contributed by atoms with Gasteiger partial charge in [0, 0.05) is 0 Å². The first kappa shape index (κ1) is 13.2. The van der Waals surface area contributed by atoms with Crippen LogP contribution in [0, 0.1) is 6.92 Å². The van der Waals surface area contributed by atoms with Gasteiger partial charge in [-0.1, -0.05) is 0 Å². The van der Waals surface area contributed by atoms with Crippen LogP contribution in [0.15, 0.2) is 18.2 Å². The maximum Gasteiger partial charge on any atom is 0.416 e. The van der Waals surface area contributed by atoms with Gasteiger partial charge in [-0.15, -0.1) is 0 Å². The van der Waals surface area contributed by atoms with Crippen LogP contribution in [0.25, 0.3) is 0 Å². The fourth-order valence-corrected chi connectivity index (χ4v) is 2.05. The third kappa shape index (κ3) is 3.16. The van der Waals surface area contributed by atoms with E-state index < -0.39 is 11.7 Å². The molecule has 1 fully saturated rings. The molecule has 1 aromatic rings. The molecule has 0 bridgehead atoms. The Morgan fingerprint density at radius 3 is 2.44 bits per heavy atom. The Hall–Kier alpha value is -1.23. The molecule has 1 aliphatic rings. The summed E-state index contributed by atoms with van der Waals surface area (Å²) >= 11 is 0. The highest BCUT2D eigenvalue weighted by Gasteiger charge is 2.30. The second-order valence-corrected chi connectivity index (χ2v) is 4.55. The monoisotopic (exact) mass is 259 g/mol. The fraction of sp³-hybridized carbons (Fsp3) is 0.538. The molecule has 18 heavy (non-hydrogen) atoms. The van der Waals surface area contributed by atoms with Gasteiger partial charge in [0.1, 0.15) is 11.9 Å². The highest BCUT2D eigenvalue weighted by molar-refractivity contribution is 5.37. The van der Waals surface area contributed by atoms with Crippen LogP contribution >= 0.6 is 0 Å². The number of piperidine rings is 1. The summed E-state index contributed by atoms with van der Waals surface area (Å²) in [4.78, 5) is 0. The molecule has 0 aliphatic carbocycles. The number of halogens is 3. The molecule has 0 saturated carbocycles. The van der Waals surface area contributed by atoms with Crippen LogP contribution in [0.2, 0.25) is 0 Å². The summed E-state index contributed by atoms with van der Waals surface area (Å²) in [6.07, 6.45) is -2.42. The number of aryl methyl sites for hydroxylation is 1. The Labute approximate surface area is 104 Å². The molecule has 100 valence electrons. The molecule has 1 N–H and O–H groups in total. The largest absolute Gasteiger partial charge is 0.490 e. The minimum atomic E-state index is -4.29. The van der Waals surface area contributed by atoms with E-state index in [1.807, 2.05) is 0 Å². The van der Waals surface area contributed by atoms with E-state index in [-0.39, 0.29) is 6.10 Å². The van der Waals surface area contributed by atoms with E-state index in [9.17, 15) is 13.2 Å². The number of hydrogen-bond donors (Lipinski definition) is 1. The van der Waals surface area contributed by atoms with E-state index in [1.165, 1.54) is 6.07 Å². The lowest BCUT2D eigenvalue weighted by Crippen LogP contribution is -2.34. The van der Waals surface area contributed by atoms with Crippen molar-refractivity contribution in [2.45, 2.75) is 32.0 Å². The summed E-state index contributed by atoms with van der Waals surface area (Å²) in [6, 6.07) is 3.63. The topological polar surface area (TPSA) is 21.3 Å². The quantitative estimate of drug-likeness (QED) is 0.881. The van der Waals surface area contributed by atoms with E-state index in [2.05, 4.69) is 5.32 Å². The molecule has 1 heterocycles. The number of rotatable bonds is 2. The van der Waals surface area contributed by atoms with Crippen molar-refractivity contribution in [3.63, 3.8) is 0 Å². The normalized spacial score (nSPS) is 17.8. The minimum absolute atomic E-state index is 0.0988. The first-order valence-electron chi connectivity index (χ1n) is 6.02. The number of hydrogen-bond acceptors (Lipinski definition) is 2. The number of benzene rings is 1. The van der Waals surface area contributed by atoms with Crippen molar-refractivity contribution in [1.29, 1.82) is 0 Å². The van der Waals surface area contributed by atoms with Gasteiger partial charge in [-0.3, -0.25) is 0 Å². The zero-order valence-electron chi connectivity index (χ0n) is 10.2. The van der Waals surface area contributed by atoms with Crippen LogP contribution < -0.4 is 10.1 Å². The second-order valence-electron chi connectivity index (χ2n) is 4.55. The van der Waals surface area contributed by atoms with Crippen molar-refractivity contribution in [2.75, 3.05) is 13.1 Å². The predicted octanol–water partition coefficient (Wildman–Crippen LogP) is 3.14. The molecular formula is C13H16F3NO. The van der Waals surface area contributed by atoms with Crippen LogP contribution in [0.1, 0.15) is 24.0 Å². The van der Waals surface area contributed by atoms with Crippen LogP contribution in [0.5, 0.6) is 5.75 Å². The molecule has 0 aromatic heterocycles. The maximum atomic E-state index is 12.5. The summed E-state index contributed by atoms with van der Waals surface area (Å²) in [5.74, 6) is 0.551. The highest BCUT2D eigenvalue weighted by Crippen LogP contribution is 2.32. The fourth-order valence-electron chi connectivity index (χ4n) is 2.05. The zero-order valence-corrected chi connectivity index (χ0v) is 10.2. The summed E-state index contributed by atoms with van der Waals surface area (Å²) in [5.41, 5.74) is -0.0963. The molecule has 0 unspecified atom stereocenters. The molecular weight excluding hydrogens is 243 g/mol. The molecule has 2 rings (SSSR count).